The van der Waals surface area contributed by atoms with Crippen molar-refractivity contribution in [3.63, 3.8) is 0 Å². The molecule has 0 aromatic heterocycles. The molecule has 1 saturated carbocycles. The van der Waals surface area contributed by atoms with Gasteiger partial charge in [-0.1, -0.05) is 24.3 Å². The first-order valence-corrected chi connectivity index (χ1v) is 11.0. The van der Waals surface area contributed by atoms with Crippen molar-refractivity contribution in [1.82, 2.24) is 0 Å². The Morgan fingerprint density at radius 3 is 1.68 bits per heavy atom. The summed E-state index contributed by atoms with van der Waals surface area (Å²) in [5, 5.41) is 0. The Morgan fingerprint density at radius 2 is 1.10 bits per heavy atom. The van der Waals surface area contributed by atoms with Gasteiger partial charge in [-0.05, 0) is 23.5 Å². The molecule has 0 unspecified atom stereocenters. The van der Waals surface area contributed by atoms with Crippen molar-refractivity contribution in [2.24, 2.45) is 11.8 Å². The minimum absolute atomic E-state index is 0.0634. The normalized spacial score (nSPS) is 26.4. The highest BCUT2D eigenvalue weighted by molar-refractivity contribution is 5.75. The minimum Gasteiger partial charge on any atom is -0.461 e. The molecule has 2 atom stereocenters. The van der Waals surface area contributed by atoms with Crippen LogP contribution in [0.3, 0.4) is 0 Å². The monoisotopic (exact) mass is 438 g/mol. The fourth-order valence-corrected chi connectivity index (χ4v) is 3.23. The molecule has 8 nitrogen and oxygen atoms in total. The third kappa shape index (κ3) is 9.64. The first-order valence-electron chi connectivity index (χ1n) is 11.0. The van der Waals surface area contributed by atoms with E-state index in [9.17, 15) is 4.79 Å². The summed E-state index contributed by atoms with van der Waals surface area (Å²) in [7, 11) is 0. The quantitative estimate of drug-likeness (QED) is 0.569. The van der Waals surface area contributed by atoms with E-state index in [1.807, 2.05) is 24.3 Å². The molecule has 8 heteroatoms. The van der Waals surface area contributed by atoms with Crippen LogP contribution in [0.15, 0.2) is 24.3 Å². The molecule has 3 rings (SSSR count). The molecule has 0 amide bonds. The number of carbonyl (C=O) groups is 1. The van der Waals surface area contributed by atoms with Crippen LogP contribution in [0, 0.1) is 11.8 Å². The van der Waals surface area contributed by atoms with Crippen LogP contribution in [-0.2, 0) is 51.2 Å². The molecule has 0 saturated heterocycles. The fourth-order valence-electron chi connectivity index (χ4n) is 3.23. The van der Waals surface area contributed by atoms with Crippen molar-refractivity contribution < 1.29 is 38.0 Å². The number of fused-ring (bicyclic) bond motifs is 2. The highest BCUT2D eigenvalue weighted by atomic mass is 16.6. The second-order valence-corrected chi connectivity index (χ2v) is 7.56. The highest BCUT2D eigenvalue weighted by Gasteiger charge is 2.44. The summed E-state index contributed by atoms with van der Waals surface area (Å²) in [5.74, 6) is 0.0225. The molecule has 1 aromatic carbocycles. The summed E-state index contributed by atoms with van der Waals surface area (Å²) in [6.07, 6.45) is 0.820. The Bertz CT molecular complexity index is 638. The first kappa shape index (κ1) is 24.1. The summed E-state index contributed by atoms with van der Waals surface area (Å²) in [5.41, 5.74) is 1.98. The number of benzene rings is 1. The third-order valence-corrected chi connectivity index (χ3v) is 5.16. The predicted molar refractivity (Wildman–Crippen MR) is 112 cm³/mol. The van der Waals surface area contributed by atoms with E-state index < -0.39 is 0 Å². The Morgan fingerprint density at radius 1 is 0.613 bits per heavy atom. The van der Waals surface area contributed by atoms with E-state index in [0.717, 1.165) is 17.5 Å². The standard InChI is InChI=1S/C23H34O8/c24-23-22-15-21(22)17-30-14-12-28-10-8-26-6-5-25-7-9-27-11-13-29-16-19-3-1-2-4-20(19)18-31-23/h1-4,21-22H,5-18H2/t21-,22+/m1/s1. The topological polar surface area (TPSA) is 81.7 Å². The van der Waals surface area contributed by atoms with Crippen molar-refractivity contribution in [3.05, 3.63) is 35.4 Å². The number of carbonyl (C=O) groups excluding carboxylic acids is 1. The summed E-state index contributed by atoms with van der Waals surface area (Å²) < 4.78 is 38.8. The Kier molecular flexibility index (Phi) is 11.3. The van der Waals surface area contributed by atoms with Gasteiger partial charge in [0, 0.05) is 0 Å². The van der Waals surface area contributed by atoms with Crippen LogP contribution in [0.25, 0.3) is 0 Å². The number of cyclic esters (lactones) is 1. The maximum Gasteiger partial charge on any atom is 0.309 e. The molecular weight excluding hydrogens is 404 g/mol. The molecule has 31 heavy (non-hydrogen) atoms. The van der Waals surface area contributed by atoms with Gasteiger partial charge in [-0.25, -0.2) is 0 Å². The molecule has 174 valence electrons. The van der Waals surface area contributed by atoms with Gasteiger partial charge in [-0.15, -0.1) is 0 Å². The van der Waals surface area contributed by atoms with E-state index in [1.54, 1.807) is 0 Å². The van der Waals surface area contributed by atoms with Gasteiger partial charge in [0.25, 0.3) is 0 Å². The number of ether oxygens (including phenoxy) is 7. The van der Waals surface area contributed by atoms with Gasteiger partial charge in [0.15, 0.2) is 0 Å². The van der Waals surface area contributed by atoms with Crippen molar-refractivity contribution in [3.8, 4) is 0 Å². The summed E-state index contributed by atoms with van der Waals surface area (Å²) >= 11 is 0. The Balaban J connectivity index is 1.42. The van der Waals surface area contributed by atoms with E-state index in [2.05, 4.69) is 0 Å². The van der Waals surface area contributed by atoms with Crippen LogP contribution in [-0.4, -0.2) is 78.6 Å². The number of rotatable bonds is 0. The van der Waals surface area contributed by atoms with E-state index in [0.29, 0.717) is 79.3 Å². The highest BCUT2D eigenvalue weighted by Crippen LogP contribution is 2.39. The Hall–Kier alpha value is -1.55. The lowest BCUT2D eigenvalue weighted by Crippen LogP contribution is -2.14. The summed E-state index contributed by atoms with van der Waals surface area (Å²) in [6, 6.07) is 7.84. The van der Waals surface area contributed by atoms with Gasteiger partial charge in [0.2, 0.25) is 0 Å². The van der Waals surface area contributed by atoms with E-state index in [-0.39, 0.29) is 24.4 Å². The lowest BCUT2D eigenvalue weighted by atomic mass is 10.1. The predicted octanol–water partition coefficient (Wildman–Crippen LogP) is 1.98. The lowest BCUT2D eigenvalue weighted by Gasteiger charge is -2.11. The average molecular weight is 439 g/mol. The molecular formula is C23H34O8. The van der Waals surface area contributed by atoms with Gasteiger partial charge < -0.3 is 33.2 Å². The number of hydrogen-bond acceptors (Lipinski definition) is 8. The van der Waals surface area contributed by atoms with E-state index >= 15 is 0 Å². The largest absolute Gasteiger partial charge is 0.461 e. The van der Waals surface area contributed by atoms with Crippen LogP contribution >= 0.6 is 0 Å². The molecule has 1 aromatic rings. The van der Waals surface area contributed by atoms with Crippen LogP contribution < -0.4 is 0 Å². The average Bonchev–Trinajstić information content (AvgIpc) is 3.56. The van der Waals surface area contributed by atoms with Gasteiger partial charge in [0.1, 0.15) is 6.61 Å². The first-order chi connectivity index (χ1) is 15.3. The van der Waals surface area contributed by atoms with Crippen LogP contribution in [0.5, 0.6) is 0 Å². The maximum absolute atomic E-state index is 12.3. The molecule has 2 aliphatic rings. The molecule has 1 heterocycles. The van der Waals surface area contributed by atoms with E-state index in [4.69, 9.17) is 33.2 Å². The fraction of sp³-hybridized carbons (Fsp3) is 0.696. The van der Waals surface area contributed by atoms with Gasteiger partial charge >= 0.3 is 5.97 Å². The van der Waals surface area contributed by atoms with Crippen molar-refractivity contribution >= 4 is 5.97 Å². The summed E-state index contributed by atoms with van der Waals surface area (Å²) in [4.78, 5) is 12.3. The smallest absolute Gasteiger partial charge is 0.309 e. The van der Waals surface area contributed by atoms with Gasteiger partial charge in [-0.3, -0.25) is 4.79 Å². The molecule has 1 aliphatic heterocycles. The van der Waals surface area contributed by atoms with Crippen molar-refractivity contribution in [1.29, 1.82) is 0 Å². The van der Waals surface area contributed by atoms with Crippen molar-refractivity contribution in [2.75, 3.05) is 72.7 Å². The third-order valence-electron chi connectivity index (χ3n) is 5.16. The minimum atomic E-state index is -0.154. The number of esters is 1. The zero-order valence-electron chi connectivity index (χ0n) is 18.1. The number of hydrogen-bond donors (Lipinski definition) is 0. The van der Waals surface area contributed by atoms with Crippen molar-refractivity contribution in [2.45, 2.75) is 19.6 Å². The molecule has 0 radical (unpaired) electrons. The molecule has 0 N–H and O–H groups in total. The molecule has 0 bridgehead atoms. The SMILES string of the molecule is O=C1OCc2ccccc2COCCOCCOCCOCCOCCOC[C@H]2C[C@H]12. The maximum atomic E-state index is 12.3. The van der Waals surface area contributed by atoms with Crippen LogP contribution in [0.1, 0.15) is 17.5 Å². The van der Waals surface area contributed by atoms with Gasteiger partial charge in [0.05, 0.1) is 85.2 Å². The zero-order chi connectivity index (χ0) is 21.6. The molecule has 1 fully saturated rings. The van der Waals surface area contributed by atoms with Gasteiger partial charge in [-0.2, -0.15) is 0 Å². The van der Waals surface area contributed by atoms with Crippen LogP contribution in [0.4, 0.5) is 0 Å². The Labute approximate surface area is 184 Å². The zero-order valence-corrected chi connectivity index (χ0v) is 18.1. The second-order valence-electron chi connectivity index (χ2n) is 7.56. The van der Waals surface area contributed by atoms with E-state index in [1.165, 1.54) is 0 Å². The molecule has 1 aliphatic carbocycles. The lowest BCUT2D eigenvalue weighted by molar-refractivity contribution is -0.147. The second kappa shape index (κ2) is 14.5. The van der Waals surface area contributed by atoms with Crippen LogP contribution in [0.2, 0.25) is 0 Å². The molecule has 0 spiro atoms. The summed E-state index contributed by atoms with van der Waals surface area (Å²) in [6.45, 7) is 6.41.